The molecule has 6 heteroatoms. The molecule has 0 spiro atoms. The van der Waals surface area contributed by atoms with Crippen molar-refractivity contribution in [2.45, 2.75) is 0 Å². The molecule has 2 aromatic carbocycles. The lowest BCUT2D eigenvalue weighted by atomic mass is 10.1. The van der Waals surface area contributed by atoms with Crippen LogP contribution in [0.3, 0.4) is 0 Å². The van der Waals surface area contributed by atoms with Crippen molar-refractivity contribution in [1.29, 1.82) is 0 Å². The minimum Gasteiger partial charge on any atom is -0.484 e. The number of rotatable bonds is 4. The standard InChI is InChI=1S/C14H8BrCl2FO2/c15-11-4-2-9(18)6-14(11)20-7-13(19)10-3-1-8(16)5-12(10)17/h1-6H,7H2. The van der Waals surface area contributed by atoms with Gasteiger partial charge in [0.05, 0.1) is 9.50 Å². The Bertz CT molecular complexity index is 662. The van der Waals surface area contributed by atoms with Gasteiger partial charge in [0.25, 0.3) is 0 Å². The molecule has 0 N–H and O–H groups in total. The second-order valence-electron chi connectivity index (χ2n) is 3.91. The summed E-state index contributed by atoms with van der Waals surface area (Å²) in [5, 5.41) is 0.699. The second-order valence-corrected chi connectivity index (χ2v) is 5.61. The van der Waals surface area contributed by atoms with Crippen LogP contribution in [0.15, 0.2) is 40.9 Å². The van der Waals surface area contributed by atoms with Crippen LogP contribution >= 0.6 is 39.1 Å². The van der Waals surface area contributed by atoms with Gasteiger partial charge in [0.2, 0.25) is 5.78 Å². The van der Waals surface area contributed by atoms with Crippen LogP contribution in [0.2, 0.25) is 10.0 Å². The first kappa shape index (κ1) is 15.3. The smallest absolute Gasteiger partial charge is 0.201 e. The number of carbonyl (C=O) groups is 1. The molecular weight excluding hydrogens is 370 g/mol. The highest BCUT2D eigenvalue weighted by atomic mass is 79.9. The molecule has 2 nitrogen and oxygen atoms in total. The van der Waals surface area contributed by atoms with Crippen molar-refractivity contribution >= 4 is 44.9 Å². The van der Waals surface area contributed by atoms with Crippen LogP contribution in [-0.4, -0.2) is 12.4 Å². The molecular formula is C14H8BrCl2FO2. The summed E-state index contributed by atoms with van der Waals surface area (Å²) in [6, 6.07) is 8.56. The topological polar surface area (TPSA) is 26.3 Å². The molecule has 0 radical (unpaired) electrons. The maximum Gasteiger partial charge on any atom is 0.201 e. The number of ketones is 1. The Balaban J connectivity index is 2.10. The van der Waals surface area contributed by atoms with E-state index < -0.39 is 5.82 Å². The average molecular weight is 378 g/mol. The first-order valence-corrected chi connectivity index (χ1v) is 7.08. The third-order valence-electron chi connectivity index (χ3n) is 2.48. The fraction of sp³-hybridized carbons (Fsp3) is 0.0714. The number of hydrogen-bond acceptors (Lipinski definition) is 2. The number of halogens is 4. The summed E-state index contributed by atoms with van der Waals surface area (Å²) in [4.78, 5) is 12.0. The number of carbonyl (C=O) groups excluding carboxylic acids is 1. The first-order chi connectivity index (χ1) is 9.47. The minimum absolute atomic E-state index is 0.247. The van der Waals surface area contributed by atoms with Gasteiger partial charge in [0.1, 0.15) is 11.6 Å². The fourth-order valence-electron chi connectivity index (χ4n) is 1.52. The van der Waals surface area contributed by atoms with E-state index in [-0.39, 0.29) is 23.2 Å². The Morgan fingerprint density at radius 2 is 1.95 bits per heavy atom. The molecule has 0 unspecified atom stereocenters. The summed E-state index contributed by atoms with van der Waals surface area (Å²) < 4.78 is 18.9. The maximum absolute atomic E-state index is 13.1. The van der Waals surface area contributed by atoms with Gasteiger partial charge in [-0.15, -0.1) is 0 Å². The minimum atomic E-state index is -0.444. The predicted octanol–water partition coefficient (Wildman–Crippen LogP) is 5.16. The molecule has 0 fully saturated rings. The van der Waals surface area contributed by atoms with Gasteiger partial charge in [-0.2, -0.15) is 0 Å². The molecule has 0 aliphatic heterocycles. The number of benzene rings is 2. The lowest BCUT2D eigenvalue weighted by Gasteiger charge is -2.08. The van der Waals surface area contributed by atoms with E-state index in [0.29, 0.717) is 15.1 Å². The summed E-state index contributed by atoms with van der Waals surface area (Å²) >= 11 is 14.9. The summed E-state index contributed by atoms with van der Waals surface area (Å²) in [6.07, 6.45) is 0. The molecule has 0 aliphatic carbocycles. The summed E-state index contributed by atoms with van der Waals surface area (Å²) in [6.45, 7) is -0.247. The van der Waals surface area contributed by atoms with E-state index in [9.17, 15) is 9.18 Å². The van der Waals surface area contributed by atoms with Gasteiger partial charge in [0.15, 0.2) is 6.61 Å². The van der Waals surface area contributed by atoms with Crippen LogP contribution in [0, 0.1) is 5.82 Å². The van der Waals surface area contributed by atoms with E-state index >= 15 is 0 Å². The van der Waals surface area contributed by atoms with Crippen LogP contribution in [0.1, 0.15) is 10.4 Å². The van der Waals surface area contributed by atoms with E-state index in [1.807, 2.05) is 0 Å². The molecule has 0 heterocycles. The Morgan fingerprint density at radius 3 is 2.65 bits per heavy atom. The third-order valence-corrected chi connectivity index (χ3v) is 3.69. The Labute approximate surface area is 133 Å². The van der Waals surface area contributed by atoms with Crippen LogP contribution in [0.4, 0.5) is 4.39 Å². The highest BCUT2D eigenvalue weighted by Crippen LogP contribution is 2.26. The molecule has 0 bridgehead atoms. The van der Waals surface area contributed by atoms with Crippen molar-refractivity contribution in [3.63, 3.8) is 0 Å². The summed E-state index contributed by atoms with van der Waals surface area (Å²) in [5.41, 5.74) is 0.309. The molecule has 0 saturated carbocycles. The van der Waals surface area contributed by atoms with Gasteiger partial charge in [0, 0.05) is 16.7 Å². The average Bonchev–Trinajstić information content (AvgIpc) is 2.39. The first-order valence-electron chi connectivity index (χ1n) is 5.53. The Kier molecular flexibility index (Phi) is 5.02. The molecule has 0 aliphatic rings. The van der Waals surface area contributed by atoms with Gasteiger partial charge >= 0.3 is 0 Å². The largest absolute Gasteiger partial charge is 0.484 e. The van der Waals surface area contributed by atoms with E-state index in [1.165, 1.54) is 30.3 Å². The van der Waals surface area contributed by atoms with Crippen LogP contribution in [0.25, 0.3) is 0 Å². The fourth-order valence-corrected chi connectivity index (χ4v) is 2.40. The Hall–Kier alpha value is -1.10. The van der Waals surface area contributed by atoms with E-state index in [0.717, 1.165) is 0 Å². The molecule has 0 atom stereocenters. The lowest BCUT2D eigenvalue weighted by Crippen LogP contribution is -2.12. The normalized spacial score (nSPS) is 10.4. The van der Waals surface area contributed by atoms with E-state index in [2.05, 4.69) is 15.9 Å². The predicted molar refractivity (Wildman–Crippen MR) is 80.4 cm³/mol. The van der Waals surface area contributed by atoms with Gasteiger partial charge < -0.3 is 4.74 Å². The van der Waals surface area contributed by atoms with Crippen molar-refractivity contribution in [2.75, 3.05) is 6.61 Å². The Morgan fingerprint density at radius 1 is 1.20 bits per heavy atom. The molecule has 2 rings (SSSR count). The number of ether oxygens (including phenoxy) is 1. The zero-order chi connectivity index (χ0) is 14.7. The van der Waals surface area contributed by atoms with Crippen molar-refractivity contribution in [3.8, 4) is 5.75 Å². The number of hydrogen-bond donors (Lipinski definition) is 0. The summed E-state index contributed by atoms with van der Waals surface area (Å²) in [7, 11) is 0. The van der Waals surface area contributed by atoms with Crippen molar-refractivity contribution in [3.05, 3.63) is 62.3 Å². The maximum atomic E-state index is 13.1. The monoisotopic (exact) mass is 376 g/mol. The molecule has 0 amide bonds. The SMILES string of the molecule is O=C(COc1cc(F)ccc1Br)c1ccc(Cl)cc1Cl. The number of Topliss-reactive ketones (excluding diaryl/α,β-unsaturated/α-hetero) is 1. The molecule has 104 valence electrons. The van der Waals surface area contributed by atoms with Crippen LogP contribution in [-0.2, 0) is 0 Å². The third kappa shape index (κ3) is 3.72. The van der Waals surface area contributed by atoms with Gasteiger partial charge in [-0.3, -0.25) is 4.79 Å². The van der Waals surface area contributed by atoms with Crippen molar-refractivity contribution < 1.29 is 13.9 Å². The van der Waals surface area contributed by atoms with E-state index in [1.54, 1.807) is 6.07 Å². The van der Waals surface area contributed by atoms with E-state index in [4.69, 9.17) is 27.9 Å². The van der Waals surface area contributed by atoms with Gasteiger partial charge in [-0.1, -0.05) is 23.2 Å². The van der Waals surface area contributed by atoms with Crippen LogP contribution < -0.4 is 4.74 Å². The van der Waals surface area contributed by atoms with Crippen molar-refractivity contribution in [2.24, 2.45) is 0 Å². The molecule has 20 heavy (non-hydrogen) atoms. The highest BCUT2D eigenvalue weighted by Gasteiger charge is 2.13. The molecule has 2 aromatic rings. The highest BCUT2D eigenvalue weighted by molar-refractivity contribution is 9.10. The quantitative estimate of drug-likeness (QED) is 0.688. The van der Waals surface area contributed by atoms with Crippen LogP contribution in [0.5, 0.6) is 5.75 Å². The zero-order valence-corrected chi connectivity index (χ0v) is 13.1. The van der Waals surface area contributed by atoms with Gasteiger partial charge in [-0.05, 0) is 46.3 Å². The van der Waals surface area contributed by atoms with Crippen molar-refractivity contribution in [1.82, 2.24) is 0 Å². The molecule has 0 saturated heterocycles. The summed E-state index contributed by atoms with van der Waals surface area (Å²) in [5.74, 6) is -0.508. The van der Waals surface area contributed by atoms with Gasteiger partial charge in [-0.25, -0.2) is 4.39 Å². The second kappa shape index (κ2) is 6.57. The molecule has 0 aromatic heterocycles. The lowest BCUT2D eigenvalue weighted by molar-refractivity contribution is 0.0921. The zero-order valence-electron chi connectivity index (χ0n) is 10.00.